The maximum atomic E-state index is 12.3. The Morgan fingerprint density at radius 3 is 2.45 bits per heavy atom. The summed E-state index contributed by atoms with van der Waals surface area (Å²) in [6.45, 7) is 3.03. The van der Waals surface area contributed by atoms with Gasteiger partial charge in [-0.05, 0) is 55.3 Å². The number of benzene rings is 2. The number of carboxylic acids is 1. The molecule has 8 heteroatoms. The smallest absolute Gasteiger partial charge is 0.326 e. The van der Waals surface area contributed by atoms with E-state index in [9.17, 15) is 14.7 Å². The van der Waals surface area contributed by atoms with Crippen LogP contribution in [0.2, 0.25) is 0 Å². The predicted molar refractivity (Wildman–Crippen MR) is 124 cm³/mol. The molecule has 33 heavy (non-hydrogen) atoms. The van der Waals surface area contributed by atoms with Gasteiger partial charge in [0.1, 0.15) is 11.9 Å². The number of aliphatic carboxylic acids is 1. The number of rotatable bonds is 12. The zero-order valence-corrected chi connectivity index (χ0v) is 18.4. The first kappa shape index (κ1) is 23.7. The minimum absolute atomic E-state index is 0.147. The fraction of sp³-hybridized carbons (Fsp3) is 0.240. The van der Waals surface area contributed by atoms with Gasteiger partial charge in [0.25, 0.3) is 5.91 Å². The van der Waals surface area contributed by atoms with Crippen molar-refractivity contribution < 1.29 is 24.5 Å². The fourth-order valence-corrected chi connectivity index (χ4v) is 3.05. The van der Waals surface area contributed by atoms with Crippen LogP contribution in [0.1, 0.15) is 28.0 Å². The van der Waals surface area contributed by atoms with E-state index >= 15 is 0 Å². The lowest BCUT2D eigenvalue weighted by Crippen LogP contribution is -2.42. The lowest BCUT2D eigenvalue weighted by atomic mass is 10.1. The lowest BCUT2D eigenvalue weighted by Gasteiger charge is -2.15. The second-order valence-corrected chi connectivity index (χ2v) is 7.43. The van der Waals surface area contributed by atoms with Gasteiger partial charge in [0, 0.05) is 24.2 Å². The number of carbonyl (C=O) groups is 2. The van der Waals surface area contributed by atoms with Gasteiger partial charge in [0.15, 0.2) is 5.75 Å². The van der Waals surface area contributed by atoms with Crippen LogP contribution in [0.15, 0.2) is 72.8 Å². The zero-order chi connectivity index (χ0) is 23.5. The van der Waals surface area contributed by atoms with Gasteiger partial charge < -0.3 is 20.6 Å². The molecule has 1 atom stereocenters. The van der Waals surface area contributed by atoms with Gasteiger partial charge in [-0.3, -0.25) is 4.79 Å². The number of carbonyl (C=O) groups excluding carboxylic acids is 1. The van der Waals surface area contributed by atoms with E-state index in [0.717, 1.165) is 23.5 Å². The van der Waals surface area contributed by atoms with E-state index in [0.29, 0.717) is 24.5 Å². The van der Waals surface area contributed by atoms with Crippen molar-refractivity contribution in [3.63, 3.8) is 0 Å². The number of hydrogen-bond donors (Lipinski definition) is 3. The molecule has 2 aromatic carbocycles. The number of amides is 1. The summed E-state index contributed by atoms with van der Waals surface area (Å²) in [7, 11) is 0. The van der Waals surface area contributed by atoms with E-state index in [1.807, 2.05) is 25.1 Å². The van der Waals surface area contributed by atoms with Crippen LogP contribution in [0.25, 0.3) is 0 Å². The second kappa shape index (κ2) is 12.2. The molecule has 1 aromatic heterocycles. The molecule has 0 radical (unpaired) electrons. The number of hydrogen-bond acceptors (Lipinski definition) is 6. The molecule has 3 aromatic rings. The molecular weight excluding hydrogens is 422 g/mol. The molecule has 0 bridgehead atoms. The number of aromatic nitrogens is 1. The highest BCUT2D eigenvalue weighted by atomic mass is 17.2. The molecule has 0 spiro atoms. The molecule has 3 rings (SSSR count). The van der Waals surface area contributed by atoms with Crippen molar-refractivity contribution in [1.29, 1.82) is 0 Å². The molecule has 0 saturated carbocycles. The normalized spacial score (nSPS) is 11.4. The molecule has 0 saturated heterocycles. The first-order chi connectivity index (χ1) is 16.0. The van der Waals surface area contributed by atoms with Gasteiger partial charge in [0.05, 0.1) is 6.61 Å². The molecule has 172 valence electrons. The summed E-state index contributed by atoms with van der Waals surface area (Å²) >= 11 is 0. The van der Waals surface area contributed by atoms with Gasteiger partial charge in [-0.25, -0.2) is 9.78 Å². The van der Waals surface area contributed by atoms with Crippen molar-refractivity contribution in [2.75, 3.05) is 18.5 Å². The Morgan fingerprint density at radius 2 is 1.76 bits per heavy atom. The Labute approximate surface area is 192 Å². The van der Waals surface area contributed by atoms with Crippen molar-refractivity contribution in [3.05, 3.63) is 89.6 Å². The van der Waals surface area contributed by atoms with Gasteiger partial charge in [-0.2, -0.15) is 4.89 Å². The van der Waals surface area contributed by atoms with Crippen molar-refractivity contribution in [2.24, 2.45) is 0 Å². The molecule has 8 nitrogen and oxygen atoms in total. The summed E-state index contributed by atoms with van der Waals surface area (Å²) in [6.07, 6.45) is 0.878. The summed E-state index contributed by atoms with van der Waals surface area (Å²) < 4.78 is 0. The largest absolute Gasteiger partial charge is 0.480 e. The Bertz CT molecular complexity index is 1040. The van der Waals surface area contributed by atoms with Crippen molar-refractivity contribution >= 4 is 17.7 Å². The fourth-order valence-electron chi connectivity index (χ4n) is 3.05. The first-order valence-corrected chi connectivity index (χ1v) is 10.7. The van der Waals surface area contributed by atoms with E-state index in [1.165, 1.54) is 0 Å². The molecule has 0 aliphatic rings. The molecule has 0 aliphatic carbocycles. The first-order valence-electron chi connectivity index (χ1n) is 10.7. The summed E-state index contributed by atoms with van der Waals surface area (Å²) in [5, 5.41) is 15.3. The van der Waals surface area contributed by atoms with E-state index < -0.39 is 17.9 Å². The third kappa shape index (κ3) is 7.93. The van der Waals surface area contributed by atoms with Crippen LogP contribution in [0.3, 0.4) is 0 Å². The van der Waals surface area contributed by atoms with E-state index in [4.69, 9.17) is 9.78 Å². The highest BCUT2D eigenvalue weighted by Gasteiger charge is 2.21. The minimum Gasteiger partial charge on any atom is -0.480 e. The Morgan fingerprint density at radius 1 is 1.00 bits per heavy atom. The third-order valence-electron chi connectivity index (χ3n) is 4.76. The van der Waals surface area contributed by atoms with Crippen LogP contribution >= 0.6 is 0 Å². The Hall–Kier alpha value is -3.91. The SMILES string of the molecule is Cc1cccc(NCCCOOc2ccc(C[C@H](NC(=O)c3ccccc3)C(=O)O)cc2)n1. The molecule has 3 N–H and O–H groups in total. The Kier molecular flexibility index (Phi) is 8.79. The average molecular weight is 450 g/mol. The third-order valence-corrected chi connectivity index (χ3v) is 4.76. The minimum atomic E-state index is -1.10. The van der Waals surface area contributed by atoms with Crippen LogP contribution in [0, 0.1) is 6.92 Å². The molecule has 0 aliphatic heterocycles. The zero-order valence-electron chi connectivity index (χ0n) is 18.4. The topological polar surface area (TPSA) is 110 Å². The highest BCUT2D eigenvalue weighted by Crippen LogP contribution is 2.14. The van der Waals surface area contributed by atoms with Crippen LogP contribution in [-0.2, 0) is 16.1 Å². The summed E-state index contributed by atoms with van der Waals surface area (Å²) in [4.78, 5) is 38.8. The quantitative estimate of drug-likeness (QED) is 0.220. The standard InChI is InChI=1S/C25H27N3O5/c1-18-7-5-10-23(27-18)26-15-6-16-32-33-21-13-11-19(12-14-21)17-22(25(30)31)28-24(29)20-8-3-2-4-9-20/h2-5,7-14,22H,6,15-17H2,1H3,(H,26,27)(H,28,29)(H,30,31)/t22-/m0/s1. The van der Waals surface area contributed by atoms with Gasteiger partial charge in [-0.1, -0.05) is 36.4 Å². The van der Waals surface area contributed by atoms with Gasteiger partial charge in [-0.15, -0.1) is 0 Å². The van der Waals surface area contributed by atoms with Crippen LogP contribution in [0.4, 0.5) is 5.82 Å². The summed E-state index contributed by atoms with van der Waals surface area (Å²) in [5.74, 6) is -0.195. The van der Waals surface area contributed by atoms with Crippen molar-refractivity contribution in [1.82, 2.24) is 10.3 Å². The van der Waals surface area contributed by atoms with Crippen LogP contribution in [-0.4, -0.2) is 41.2 Å². The maximum absolute atomic E-state index is 12.3. The monoisotopic (exact) mass is 449 g/mol. The molecule has 0 fully saturated rings. The molecule has 0 unspecified atom stereocenters. The Balaban J connectivity index is 1.40. The highest BCUT2D eigenvalue weighted by molar-refractivity contribution is 5.96. The molecule has 1 heterocycles. The maximum Gasteiger partial charge on any atom is 0.326 e. The summed E-state index contributed by atoms with van der Waals surface area (Å²) in [5.41, 5.74) is 2.12. The predicted octanol–water partition coefficient (Wildman–Crippen LogP) is 3.63. The molecule has 1 amide bonds. The number of nitrogens with zero attached hydrogens (tertiary/aromatic N) is 1. The number of nitrogens with one attached hydrogen (secondary N) is 2. The number of pyridine rings is 1. The van der Waals surface area contributed by atoms with E-state index in [1.54, 1.807) is 54.6 Å². The number of aryl methyl sites for hydroxylation is 1. The van der Waals surface area contributed by atoms with E-state index in [-0.39, 0.29) is 6.42 Å². The second-order valence-electron chi connectivity index (χ2n) is 7.43. The lowest BCUT2D eigenvalue weighted by molar-refractivity contribution is -0.206. The number of carboxylic acid groups (broad SMARTS) is 1. The van der Waals surface area contributed by atoms with Gasteiger partial charge >= 0.3 is 5.97 Å². The van der Waals surface area contributed by atoms with Crippen LogP contribution in [0.5, 0.6) is 5.75 Å². The van der Waals surface area contributed by atoms with E-state index in [2.05, 4.69) is 15.6 Å². The number of anilines is 1. The van der Waals surface area contributed by atoms with Crippen molar-refractivity contribution in [3.8, 4) is 5.75 Å². The van der Waals surface area contributed by atoms with Crippen molar-refractivity contribution in [2.45, 2.75) is 25.8 Å². The molecular formula is C25H27N3O5. The van der Waals surface area contributed by atoms with Crippen LogP contribution < -0.4 is 15.5 Å². The van der Waals surface area contributed by atoms with Gasteiger partial charge in [0.2, 0.25) is 0 Å². The summed E-state index contributed by atoms with van der Waals surface area (Å²) in [6, 6.07) is 20.1. The average Bonchev–Trinajstić information content (AvgIpc) is 2.82.